The number of H-pyrrole nitrogens is 1. The summed E-state index contributed by atoms with van der Waals surface area (Å²) < 4.78 is 16.4. The van der Waals surface area contributed by atoms with E-state index in [1.165, 1.54) is 11.1 Å². The molecule has 0 aliphatic rings. The first-order chi connectivity index (χ1) is 18.4. The quantitative estimate of drug-likeness (QED) is 0.255. The minimum atomic E-state index is -0.172. The highest BCUT2D eigenvalue weighted by Gasteiger charge is 2.16. The van der Waals surface area contributed by atoms with Crippen molar-refractivity contribution in [1.82, 2.24) is 9.88 Å². The van der Waals surface area contributed by atoms with E-state index in [1.54, 1.807) is 20.3 Å². The lowest BCUT2D eigenvalue weighted by atomic mass is 10.1. The van der Waals surface area contributed by atoms with Gasteiger partial charge >= 0.3 is 0 Å². The Morgan fingerprint density at radius 3 is 2.42 bits per heavy atom. The first-order valence-corrected chi connectivity index (χ1v) is 12.9. The molecule has 7 nitrogen and oxygen atoms in total. The second-order valence-electron chi connectivity index (χ2n) is 8.97. The number of ether oxygens (including phenoxy) is 3. The third-order valence-electron chi connectivity index (χ3n) is 6.24. The zero-order valence-electron chi connectivity index (χ0n) is 22.2. The third-order valence-corrected chi connectivity index (χ3v) is 6.60. The molecule has 0 saturated carbocycles. The maximum Gasteiger partial charge on any atom is 0.253 e. The summed E-state index contributed by atoms with van der Waals surface area (Å²) in [4.78, 5) is 18.1. The SMILES string of the molecule is CCOc1ccc(NC(=S)N(CCc2cccc(C)c2)Cc2cc3cc(OC)c(OC)cc3[nH]c2=O)cc1. The Kier molecular flexibility index (Phi) is 8.86. The van der Waals surface area contributed by atoms with Crippen molar-refractivity contribution in [2.24, 2.45) is 0 Å². The van der Waals surface area contributed by atoms with Crippen LogP contribution >= 0.6 is 12.2 Å². The molecule has 2 N–H and O–H groups in total. The van der Waals surface area contributed by atoms with Crippen LogP contribution in [0.1, 0.15) is 23.6 Å². The van der Waals surface area contributed by atoms with Gasteiger partial charge in [-0.15, -0.1) is 0 Å². The first-order valence-electron chi connectivity index (χ1n) is 12.5. The molecule has 0 unspecified atom stereocenters. The number of rotatable bonds is 10. The number of aromatic nitrogens is 1. The summed E-state index contributed by atoms with van der Waals surface area (Å²) in [5.74, 6) is 1.96. The number of benzene rings is 3. The second kappa shape index (κ2) is 12.5. The van der Waals surface area contributed by atoms with E-state index >= 15 is 0 Å². The van der Waals surface area contributed by atoms with Crippen molar-refractivity contribution in [2.45, 2.75) is 26.8 Å². The molecule has 198 valence electrons. The van der Waals surface area contributed by atoms with Crippen LogP contribution in [0.15, 0.2) is 71.5 Å². The van der Waals surface area contributed by atoms with Crippen LogP contribution in [0.25, 0.3) is 10.9 Å². The average Bonchev–Trinajstić information content (AvgIpc) is 2.91. The second-order valence-corrected chi connectivity index (χ2v) is 9.35. The summed E-state index contributed by atoms with van der Waals surface area (Å²) in [7, 11) is 3.16. The number of thiocarbonyl (C=S) groups is 1. The van der Waals surface area contributed by atoms with Crippen molar-refractivity contribution < 1.29 is 14.2 Å². The summed E-state index contributed by atoms with van der Waals surface area (Å²) in [6.07, 6.45) is 0.781. The van der Waals surface area contributed by atoms with Gasteiger partial charge in [-0.25, -0.2) is 0 Å². The monoisotopic (exact) mass is 531 g/mol. The Hall–Kier alpha value is -4.04. The normalized spacial score (nSPS) is 10.7. The number of fused-ring (bicyclic) bond motifs is 1. The Labute approximate surface area is 228 Å². The van der Waals surface area contributed by atoms with E-state index in [0.717, 1.165) is 23.2 Å². The van der Waals surface area contributed by atoms with Crippen LogP contribution in [-0.2, 0) is 13.0 Å². The van der Waals surface area contributed by atoms with Gasteiger partial charge in [0.25, 0.3) is 5.56 Å². The summed E-state index contributed by atoms with van der Waals surface area (Å²) >= 11 is 5.83. The van der Waals surface area contributed by atoms with Crippen LogP contribution in [0.5, 0.6) is 17.2 Å². The highest BCUT2D eigenvalue weighted by molar-refractivity contribution is 7.80. The molecule has 0 radical (unpaired) electrons. The minimum Gasteiger partial charge on any atom is -0.494 e. The fraction of sp³-hybridized carbons (Fsp3) is 0.267. The van der Waals surface area contributed by atoms with Crippen molar-refractivity contribution in [3.8, 4) is 17.2 Å². The topological polar surface area (TPSA) is 75.8 Å². The molecule has 0 aliphatic heterocycles. The number of hydrogen-bond acceptors (Lipinski definition) is 5. The fourth-order valence-electron chi connectivity index (χ4n) is 4.29. The van der Waals surface area contributed by atoms with Crippen LogP contribution in [-0.4, -0.2) is 42.4 Å². The molecule has 0 spiro atoms. The zero-order chi connectivity index (χ0) is 27.1. The molecular weight excluding hydrogens is 498 g/mol. The van der Waals surface area contributed by atoms with Gasteiger partial charge in [-0.3, -0.25) is 4.79 Å². The maximum atomic E-state index is 13.1. The smallest absolute Gasteiger partial charge is 0.253 e. The van der Waals surface area contributed by atoms with Gasteiger partial charge in [0.05, 0.1) is 32.9 Å². The van der Waals surface area contributed by atoms with E-state index in [4.69, 9.17) is 26.4 Å². The van der Waals surface area contributed by atoms with Crippen LogP contribution in [0.2, 0.25) is 0 Å². The summed E-state index contributed by atoms with van der Waals surface area (Å²) in [6.45, 7) is 5.62. The molecule has 0 atom stereocenters. The van der Waals surface area contributed by atoms with Crippen LogP contribution in [0.4, 0.5) is 5.69 Å². The summed E-state index contributed by atoms with van der Waals surface area (Å²) in [6, 6.07) is 21.6. The Bertz CT molecular complexity index is 1470. The predicted molar refractivity (Wildman–Crippen MR) is 157 cm³/mol. The minimum absolute atomic E-state index is 0.172. The van der Waals surface area contributed by atoms with E-state index in [-0.39, 0.29) is 5.56 Å². The van der Waals surface area contributed by atoms with Crippen LogP contribution in [0, 0.1) is 6.92 Å². The standard InChI is InChI=1S/C30H33N3O4S/c1-5-37-25-11-9-24(10-12-25)31-30(38)33(14-13-21-8-6-7-20(2)15-21)19-23-16-22-17-27(35-3)28(36-4)18-26(22)32-29(23)34/h6-12,15-18H,5,13-14,19H2,1-4H3,(H,31,38)(H,32,34). The lowest BCUT2D eigenvalue weighted by Gasteiger charge is -2.26. The fourth-order valence-corrected chi connectivity index (χ4v) is 4.56. The molecule has 0 bridgehead atoms. The number of anilines is 1. The van der Waals surface area contributed by atoms with Gasteiger partial charge in [0.2, 0.25) is 0 Å². The van der Waals surface area contributed by atoms with E-state index in [9.17, 15) is 4.79 Å². The lowest BCUT2D eigenvalue weighted by molar-refractivity contribution is 0.340. The van der Waals surface area contributed by atoms with E-state index in [1.807, 2.05) is 48.2 Å². The highest BCUT2D eigenvalue weighted by Crippen LogP contribution is 2.31. The van der Waals surface area contributed by atoms with Crippen LogP contribution in [0.3, 0.4) is 0 Å². The molecule has 1 heterocycles. The van der Waals surface area contributed by atoms with E-state index < -0.39 is 0 Å². The molecule has 4 rings (SSSR count). The highest BCUT2D eigenvalue weighted by atomic mass is 32.1. The van der Waals surface area contributed by atoms with Gasteiger partial charge in [-0.1, -0.05) is 29.8 Å². The van der Waals surface area contributed by atoms with Crippen molar-refractivity contribution in [2.75, 3.05) is 32.7 Å². The molecule has 4 aromatic rings. The Morgan fingerprint density at radius 1 is 1.00 bits per heavy atom. The van der Waals surface area contributed by atoms with Gasteiger partial charge in [0, 0.05) is 29.2 Å². The first kappa shape index (κ1) is 27.0. The number of aryl methyl sites for hydroxylation is 1. The van der Waals surface area contributed by atoms with Crippen molar-refractivity contribution >= 4 is 33.9 Å². The van der Waals surface area contributed by atoms with Crippen LogP contribution < -0.4 is 25.1 Å². The Balaban J connectivity index is 1.61. The summed E-state index contributed by atoms with van der Waals surface area (Å²) in [5, 5.41) is 4.71. The van der Waals surface area contributed by atoms with E-state index in [0.29, 0.717) is 47.4 Å². The van der Waals surface area contributed by atoms with Crippen molar-refractivity contribution in [3.63, 3.8) is 0 Å². The molecular formula is C30H33N3O4S. The average molecular weight is 532 g/mol. The van der Waals surface area contributed by atoms with Crippen molar-refractivity contribution in [1.29, 1.82) is 0 Å². The zero-order valence-corrected chi connectivity index (χ0v) is 23.0. The number of hydrogen-bond donors (Lipinski definition) is 2. The molecule has 38 heavy (non-hydrogen) atoms. The molecule has 3 aromatic carbocycles. The molecule has 0 amide bonds. The number of nitrogens with zero attached hydrogens (tertiary/aromatic N) is 1. The number of aromatic amines is 1. The lowest BCUT2D eigenvalue weighted by Crippen LogP contribution is -2.37. The van der Waals surface area contributed by atoms with Gasteiger partial charge < -0.3 is 29.4 Å². The summed E-state index contributed by atoms with van der Waals surface area (Å²) in [5.41, 5.74) is 4.38. The van der Waals surface area contributed by atoms with E-state index in [2.05, 4.69) is 41.5 Å². The maximum absolute atomic E-state index is 13.1. The molecule has 0 saturated heterocycles. The van der Waals surface area contributed by atoms with Gasteiger partial charge in [-0.05, 0) is 74.4 Å². The van der Waals surface area contributed by atoms with Gasteiger partial charge in [0.15, 0.2) is 16.6 Å². The van der Waals surface area contributed by atoms with Gasteiger partial charge in [0.1, 0.15) is 5.75 Å². The Morgan fingerprint density at radius 2 is 1.74 bits per heavy atom. The predicted octanol–water partition coefficient (Wildman–Crippen LogP) is 5.69. The van der Waals surface area contributed by atoms with Crippen molar-refractivity contribution in [3.05, 3.63) is 93.8 Å². The largest absolute Gasteiger partial charge is 0.494 e. The third kappa shape index (κ3) is 6.63. The number of pyridine rings is 1. The number of methoxy groups -OCH3 is 2. The number of nitrogens with one attached hydrogen (secondary N) is 2. The van der Waals surface area contributed by atoms with Gasteiger partial charge in [-0.2, -0.15) is 0 Å². The molecule has 0 aliphatic carbocycles. The molecule has 0 fully saturated rings. The molecule has 1 aromatic heterocycles. The molecule has 8 heteroatoms.